The number of sulfonamides is 1. The van der Waals surface area contributed by atoms with Gasteiger partial charge in [0.05, 0.1) is 34.0 Å². The van der Waals surface area contributed by atoms with Gasteiger partial charge in [0, 0.05) is 36.8 Å². The summed E-state index contributed by atoms with van der Waals surface area (Å²) in [5, 5.41) is 10.9. The van der Waals surface area contributed by atoms with Crippen LogP contribution in [0.5, 0.6) is 5.75 Å². The van der Waals surface area contributed by atoms with Gasteiger partial charge in [0.15, 0.2) is 0 Å². The number of carbonyl (C=O) groups is 1. The Morgan fingerprint density at radius 1 is 1.10 bits per heavy atom. The van der Waals surface area contributed by atoms with Crippen molar-refractivity contribution in [3.63, 3.8) is 0 Å². The number of halogens is 2. The lowest BCUT2D eigenvalue weighted by molar-refractivity contribution is -0.134. The summed E-state index contributed by atoms with van der Waals surface area (Å²) in [7, 11) is -1.84. The number of anilines is 1. The maximum Gasteiger partial charge on any atom is 0.261 e. The Balaban J connectivity index is 1.62. The lowest BCUT2D eigenvalue weighted by Gasteiger charge is -2.34. The Morgan fingerprint density at radius 3 is 2.51 bits per heavy atom. The number of rotatable bonds is 9. The standard InChI is InChI=1S/C30H35Cl2N3O5S/c1-20-16-35(21(2)19-36)30(37)15-23-14-24(33-41(38,39)25-7-5-4-6-8-25)10-12-28(23)40-29(20)18-34(3)17-22-9-11-26(31)27(32)13-22/h4-14,20-21,29,33,36H,15-19H2,1-3H3/t20-,21-,29+/m0/s1. The topological polar surface area (TPSA) is 99.2 Å². The molecule has 0 saturated heterocycles. The van der Waals surface area contributed by atoms with Gasteiger partial charge in [0.2, 0.25) is 5.91 Å². The Labute approximate surface area is 251 Å². The minimum Gasteiger partial charge on any atom is -0.488 e. The van der Waals surface area contributed by atoms with Crippen LogP contribution in [0.4, 0.5) is 5.69 Å². The molecule has 220 valence electrons. The Hall–Kier alpha value is -2.82. The number of aliphatic hydroxyl groups is 1. The summed E-state index contributed by atoms with van der Waals surface area (Å²) in [6.45, 7) is 5.19. The molecule has 2 N–H and O–H groups in total. The summed E-state index contributed by atoms with van der Waals surface area (Å²) in [5.74, 6) is 0.266. The number of carbonyl (C=O) groups excluding carboxylic acids is 1. The number of benzene rings is 3. The zero-order chi connectivity index (χ0) is 29.7. The predicted octanol–water partition coefficient (Wildman–Crippen LogP) is 5.08. The number of hydrogen-bond acceptors (Lipinski definition) is 6. The number of aliphatic hydroxyl groups excluding tert-OH is 1. The van der Waals surface area contributed by atoms with Crippen molar-refractivity contribution in [1.29, 1.82) is 0 Å². The van der Waals surface area contributed by atoms with Crippen LogP contribution in [-0.2, 0) is 27.8 Å². The molecule has 1 aliphatic heterocycles. The molecule has 11 heteroatoms. The van der Waals surface area contributed by atoms with Gasteiger partial charge < -0.3 is 14.7 Å². The normalized spacial score (nSPS) is 18.6. The molecule has 3 aromatic rings. The predicted molar refractivity (Wildman–Crippen MR) is 162 cm³/mol. The fourth-order valence-electron chi connectivity index (χ4n) is 4.85. The number of ether oxygens (including phenoxy) is 1. The van der Waals surface area contributed by atoms with Crippen molar-refractivity contribution in [2.24, 2.45) is 5.92 Å². The van der Waals surface area contributed by atoms with Crippen molar-refractivity contribution >= 4 is 44.8 Å². The van der Waals surface area contributed by atoms with E-state index in [1.807, 2.05) is 26.1 Å². The summed E-state index contributed by atoms with van der Waals surface area (Å²) in [4.78, 5) is 17.4. The van der Waals surface area contributed by atoms with Crippen LogP contribution in [0.2, 0.25) is 10.0 Å². The smallest absolute Gasteiger partial charge is 0.261 e. The van der Waals surface area contributed by atoms with Crippen molar-refractivity contribution in [1.82, 2.24) is 9.80 Å². The molecule has 3 aromatic carbocycles. The molecule has 1 amide bonds. The molecule has 4 rings (SSSR count). The van der Waals surface area contributed by atoms with E-state index >= 15 is 0 Å². The monoisotopic (exact) mass is 619 g/mol. The van der Waals surface area contributed by atoms with E-state index in [4.69, 9.17) is 27.9 Å². The summed E-state index contributed by atoms with van der Waals surface area (Å²) >= 11 is 12.3. The largest absolute Gasteiger partial charge is 0.488 e. The quantitative estimate of drug-likeness (QED) is 0.347. The molecule has 0 aliphatic carbocycles. The van der Waals surface area contributed by atoms with Gasteiger partial charge >= 0.3 is 0 Å². The first-order valence-corrected chi connectivity index (χ1v) is 15.6. The third kappa shape index (κ3) is 7.93. The summed E-state index contributed by atoms with van der Waals surface area (Å²) in [6, 6.07) is 18.2. The zero-order valence-electron chi connectivity index (χ0n) is 23.3. The Bertz CT molecular complexity index is 1470. The zero-order valence-corrected chi connectivity index (χ0v) is 25.6. The van der Waals surface area contributed by atoms with Crippen molar-refractivity contribution < 1.29 is 23.1 Å². The molecule has 0 fully saturated rings. The van der Waals surface area contributed by atoms with E-state index in [0.29, 0.717) is 46.7 Å². The van der Waals surface area contributed by atoms with Gasteiger partial charge in [-0.3, -0.25) is 14.4 Å². The van der Waals surface area contributed by atoms with Gasteiger partial charge in [0.25, 0.3) is 10.0 Å². The number of amides is 1. The highest BCUT2D eigenvalue weighted by Gasteiger charge is 2.31. The molecule has 0 bridgehead atoms. The first-order valence-electron chi connectivity index (χ1n) is 13.4. The van der Waals surface area contributed by atoms with E-state index in [1.165, 1.54) is 12.1 Å². The van der Waals surface area contributed by atoms with E-state index in [-0.39, 0.29) is 41.9 Å². The molecule has 1 heterocycles. The van der Waals surface area contributed by atoms with E-state index in [1.54, 1.807) is 54.3 Å². The molecular formula is C30H35Cl2N3O5S. The van der Waals surface area contributed by atoms with E-state index in [2.05, 4.69) is 9.62 Å². The molecule has 0 spiro atoms. The number of nitrogens with zero attached hydrogens (tertiary/aromatic N) is 2. The molecule has 0 aromatic heterocycles. The van der Waals surface area contributed by atoms with Crippen LogP contribution in [0.3, 0.4) is 0 Å². The van der Waals surface area contributed by atoms with Gasteiger partial charge in [-0.15, -0.1) is 0 Å². The van der Waals surface area contributed by atoms with Crippen LogP contribution >= 0.6 is 23.2 Å². The lowest BCUT2D eigenvalue weighted by atomic mass is 10.0. The second-order valence-electron chi connectivity index (χ2n) is 10.6. The van der Waals surface area contributed by atoms with Gasteiger partial charge in [-0.05, 0) is 62.0 Å². The van der Waals surface area contributed by atoms with E-state index in [0.717, 1.165) is 5.56 Å². The molecule has 0 saturated carbocycles. The fourth-order valence-corrected chi connectivity index (χ4v) is 6.24. The van der Waals surface area contributed by atoms with Crippen molar-refractivity contribution in [2.45, 2.75) is 43.9 Å². The average molecular weight is 621 g/mol. The van der Waals surface area contributed by atoms with Gasteiger partial charge in [-0.2, -0.15) is 0 Å². The molecule has 3 atom stereocenters. The fraction of sp³-hybridized carbons (Fsp3) is 0.367. The SMILES string of the molecule is C[C@H]1CN([C@@H](C)CO)C(=O)Cc2cc(NS(=O)(=O)c3ccccc3)ccc2O[C@@H]1CN(C)Cc1ccc(Cl)c(Cl)c1. The summed E-state index contributed by atoms with van der Waals surface area (Å²) in [5.41, 5.74) is 1.88. The number of nitrogens with one attached hydrogen (secondary N) is 1. The summed E-state index contributed by atoms with van der Waals surface area (Å²) < 4.78 is 35.0. The second-order valence-corrected chi connectivity index (χ2v) is 13.1. The first kappa shape index (κ1) is 31.1. The third-order valence-corrected chi connectivity index (χ3v) is 9.29. The van der Waals surface area contributed by atoms with Crippen LogP contribution in [0, 0.1) is 5.92 Å². The molecule has 0 radical (unpaired) electrons. The highest BCUT2D eigenvalue weighted by Crippen LogP contribution is 2.30. The lowest BCUT2D eigenvalue weighted by Crippen LogP contribution is -2.47. The van der Waals surface area contributed by atoms with Crippen LogP contribution in [-0.4, -0.2) is 68.1 Å². The van der Waals surface area contributed by atoms with Crippen LogP contribution < -0.4 is 9.46 Å². The molecule has 41 heavy (non-hydrogen) atoms. The van der Waals surface area contributed by atoms with Gasteiger partial charge in [-0.1, -0.05) is 54.4 Å². The maximum absolute atomic E-state index is 13.5. The molecule has 0 unspecified atom stereocenters. The van der Waals surface area contributed by atoms with Crippen LogP contribution in [0.1, 0.15) is 25.0 Å². The molecular weight excluding hydrogens is 585 g/mol. The maximum atomic E-state index is 13.5. The summed E-state index contributed by atoms with van der Waals surface area (Å²) in [6.07, 6.45) is -0.313. The number of fused-ring (bicyclic) bond motifs is 1. The van der Waals surface area contributed by atoms with Crippen molar-refractivity contribution in [2.75, 3.05) is 31.5 Å². The Kier molecular flexibility index (Phi) is 10.2. The Morgan fingerprint density at radius 2 is 1.83 bits per heavy atom. The minimum atomic E-state index is -3.82. The van der Waals surface area contributed by atoms with Crippen LogP contribution in [0.15, 0.2) is 71.6 Å². The average Bonchev–Trinajstić information content (AvgIpc) is 2.98. The molecule has 8 nitrogen and oxygen atoms in total. The van der Waals surface area contributed by atoms with Crippen molar-refractivity contribution in [3.8, 4) is 5.75 Å². The van der Waals surface area contributed by atoms with Gasteiger partial charge in [-0.25, -0.2) is 8.42 Å². The third-order valence-electron chi connectivity index (χ3n) is 7.15. The minimum absolute atomic E-state index is 0.000862. The van der Waals surface area contributed by atoms with Crippen LogP contribution in [0.25, 0.3) is 0 Å². The highest BCUT2D eigenvalue weighted by molar-refractivity contribution is 7.92. The van der Waals surface area contributed by atoms with E-state index < -0.39 is 10.0 Å². The van der Waals surface area contributed by atoms with Crippen molar-refractivity contribution in [3.05, 3.63) is 87.9 Å². The number of likely N-dealkylation sites (N-methyl/N-ethyl adjacent to an activating group) is 1. The molecule has 1 aliphatic rings. The van der Waals surface area contributed by atoms with Gasteiger partial charge in [0.1, 0.15) is 11.9 Å². The number of hydrogen-bond donors (Lipinski definition) is 2. The van der Waals surface area contributed by atoms with E-state index in [9.17, 15) is 18.3 Å². The highest BCUT2D eigenvalue weighted by atomic mass is 35.5. The first-order chi connectivity index (χ1) is 19.5. The second kappa shape index (κ2) is 13.4.